The monoisotopic (exact) mass is 372 g/mol. The normalized spacial score (nSPS) is 11.8. The molecule has 0 saturated heterocycles. The number of sulfonamides is 1. The van der Waals surface area contributed by atoms with Crippen LogP contribution in [0, 0.1) is 0 Å². The fourth-order valence-electron chi connectivity index (χ4n) is 2.01. The van der Waals surface area contributed by atoms with Crippen LogP contribution in [0.1, 0.15) is 18.2 Å². The number of aromatic nitrogens is 2. The van der Waals surface area contributed by atoms with E-state index in [9.17, 15) is 8.42 Å². The first kappa shape index (κ1) is 16.0. The van der Waals surface area contributed by atoms with Crippen molar-refractivity contribution in [1.29, 1.82) is 0 Å². The third-order valence-electron chi connectivity index (χ3n) is 3.02. The molecule has 0 aliphatic rings. The highest BCUT2D eigenvalue weighted by Gasteiger charge is 2.18. The third-order valence-corrected chi connectivity index (χ3v) is 5.42. The minimum atomic E-state index is -3.64. The second kappa shape index (κ2) is 6.17. The largest absolute Gasteiger partial charge is 0.399 e. The lowest BCUT2D eigenvalue weighted by atomic mass is 10.2. The molecule has 0 bridgehead atoms. The van der Waals surface area contributed by atoms with Crippen LogP contribution in [0.3, 0.4) is 0 Å². The molecule has 0 spiro atoms. The Kier molecular flexibility index (Phi) is 4.70. The zero-order chi connectivity index (χ0) is 15.6. The molecule has 1 aromatic heterocycles. The van der Waals surface area contributed by atoms with Gasteiger partial charge in [0.1, 0.15) is 0 Å². The molecule has 0 aliphatic carbocycles. The van der Waals surface area contributed by atoms with Gasteiger partial charge < -0.3 is 5.73 Å². The molecule has 6 nitrogen and oxygen atoms in total. The molecular formula is C13H17BrN4O2S. The molecule has 0 amide bonds. The second-order valence-electron chi connectivity index (χ2n) is 4.64. The molecule has 1 heterocycles. The summed E-state index contributed by atoms with van der Waals surface area (Å²) >= 11 is 3.23. The van der Waals surface area contributed by atoms with Crippen LogP contribution < -0.4 is 10.5 Å². The fraction of sp³-hybridized carbons (Fsp3) is 0.308. The third kappa shape index (κ3) is 3.63. The average molecular weight is 373 g/mol. The van der Waals surface area contributed by atoms with E-state index in [0.29, 0.717) is 10.2 Å². The van der Waals surface area contributed by atoms with Gasteiger partial charge >= 0.3 is 0 Å². The molecule has 0 atom stereocenters. The number of nitrogens with zero attached hydrogens (tertiary/aromatic N) is 2. The van der Waals surface area contributed by atoms with Gasteiger partial charge in [-0.25, -0.2) is 13.1 Å². The zero-order valence-electron chi connectivity index (χ0n) is 11.8. The van der Waals surface area contributed by atoms with E-state index in [1.54, 1.807) is 16.8 Å². The smallest absolute Gasteiger partial charge is 0.242 e. The van der Waals surface area contributed by atoms with Gasteiger partial charge in [-0.3, -0.25) is 4.68 Å². The van der Waals surface area contributed by atoms with Gasteiger partial charge in [0, 0.05) is 35.5 Å². The maximum atomic E-state index is 12.4. The van der Waals surface area contributed by atoms with Crippen molar-refractivity contribution in [2.75, 3.05) is 5.73 Å². The molecule has 0 unspecified atom stereocenters. The van der Waals surface area contributed by atoms with E-state index < -0.39 is 10.0 Å². The van der Waals surface area contributed by atoms with Gasteiger partial charge in [0.25, 0.3) is 0 Å². The first-order valence-electron chi connectivity index (χ1n) is 6.39. The number of nitrogens with one attached hydrogen (secondary N) is 1. The molecule has 0 aliphatic heterocycles. The number of rotatable bonds is 5. The fourth-order valence-corrected chi connectivity index (χ4v) is 4.01. The molecule has 0 saturated carbocycles. The first-order chi connectivity index (χ1) is 9.83. The summed E-state index contributed by atoms with van der Waals surface area (Å²) in [5.74, 6) is 0. The van der Waals surface area contributed by atoms with Crippen molar-refractivity contribution in [3.8, 4) is 0 Å². The van der Waals surface area contributed by atoms with Crippen LogP contribution in [0.2, 0.25) is 0 Å². The molecule has 2 aromatic rings. The lowest BCUT2D eigenvalue weighted by molar-refractivity contribution is 0.580. The van der Waals surface area contributed by atoms with Crippen molar-refractivity contribution in [2.45, 2.75) is 24.8 Å². The van der Waals surface area contributed by atoms with Crippen molar-refractivity contribution in [3.05, 3.63) is 40.1 Å². The van der Waals surface area contributed by atoms with Gasteiger partial charge in [0.2, 0.25) is 10.0 Å². The number of aryl methyl sites for hydroxylation is 2. The highest BCUT2D eigenvalue weighted by Crippen LogP contribution is 2.24. The standard InChI is InChI=1S/C13H17BrN4O2S/c1-3-12-9(8-18(2)17-12)7-16-21(19,20)13-6-10(15)4-5-11(13)14/h4-6,8,16H,3,7,15H2,1-2H3. The Morgan fingerprint density at radius 3 is 2.81 bits per heavy atom. The highest BCUT2D eigenvalue weighted by molar-refractivity contribution is 9.10. The van der Waals surface area contributed by atoms with Crippen molar-refractivity contribution >= 4 is 31.6 Å². The maximum absolute atomic E-state index is 12.4. The molecule has 2 rings (SSSR count). The van der Waals surface area contributed by atoms with Crippen LogP contribution in [0.25, 0.3) is 0 Å². The van der Waals surface area contributed by atoms with E-state index >= 15 is 0 Å². The number of anilines is 1. The Hall–Kier alpha value is -1.38. The Morgan fingerprint density at radius 1 is 1.43 bits per heavy atom. The van der Waals surface area contributed by atoms with E-state index in [4.69, 9.17) is 5.73 Å². The van der Waals surface area contributed by atoms with Crippen LogP contribution in [-0.4, -0.2) is 18.2 Å². The van der Waals surface area contributed by atoms with Crippen molar-refractivity contribution in [3.63, 3.8) is 0 Å². The van der Waals surface area contributed by atoms with E-state index in [0.717, 1.165) is 17.7 Å². The number of hydrogen-bond donors (Lipinski definition) is 2. The minimum absolute atomic E-state index is 0.129. The number of nitrogens with two attached hydrogens (primary N) is 1. The maximum Gasteiger partial charge on any atom is 0.242 e. The van der Waals surface area contributed by atoms with Gasteiger partial charge in [-0.05, 0) is 40.5 Å². The Bertz CT molecular complexity index is 756. The van der Waals surface area contributed by atoms with Gasteiger partial charge in [0.05, 0.1) is 10.6 Å². The number of hydrogen-bond acceptors (Lipinski definition) is 4. The SMILES string of the molecule is CCc1nn(C)cc1CNS(=O)(=O)c1cc(N)ccc1Br. The van der Waals surface area contributed by atoms with Gasteiger partial charge in [0.15, 0.2) is 0 Å². The Balaban J connectivity index is 2.23. The highest BCUT2D eigenvalue weighted by atomic mass is 79.9. The van der Waals surface area contributed by atoms with Crippen LogP contribution in [0.15, 0.2) is 33.8 Å². The summed E-state index contributed by atoms with van der Waals surface area (Å²) in [6.45, 7) is 2.18. The van der Waals surface area contributed by atoms with Crippen LogP contribution in [0.5, 0.6) is 0 Å². The molecule has 3 N–H and O–H groups in total. The molecule has 21 heavy (non-hydrogen) atoms. The molecular weight excluding hydrogens is 356 g/mol. The predicted molar refractivity (Wildman–Crippen MR) is 85.2 cm³/mol. The van der Waals surface area contributed by atoms with Crippen molar-refractivity contribution in [1.82, 2.24) is 14.5 Å². The van der Waals surface area contributed by atoms with Crippen molar-refractivity contribution in [2.24, 2.45) is 7.05 Å². The van der Waals surface area contributed by atoms with Crippen LogP contribution in [0.4, 0.5) is 5.69 Å². The quantitative estimate of drug-likeness (QED) is 0.783. The number of halogens is 1. The summed E-state index contributed by atoms with van der Waals surface area (Å²) in [6, 6.07) is 4.68. The first-order valence-corrected chi connectivity index (χ1v) is 8.67. The summed E-state index contributed by atoms with van der Waals surface area (Å²) in [6.07, 6.45) is 2.57. The Morgan fingerprint density at radius 2 is 2.14 bits per heavy atom. The van der Waals surface area contributed by atoms with Crippen LogP contribution in [-0.2, 0) is 30.0 Å². The van der Waals surface area contributed by atoms with E-state index in [1.165, 1.54) is 6.07 Å². The van der Waals surface area contributed by atoms with Gasteiger partial charge in [-0.2, -0.15) is 5.10 Å². The lowest BCUT2D eigenvalue weighted by Gasteiger charge is -2.09. The lowest BCUT2D eigenvalue weighted by Crippen LogP contribution is -2.24. The molecule has 1 aromatic carbocycles. The zero-order valence-corrected chi connectivity index (χ0v) is 14.2. The van der Waals surface area contributed by atoms with Gasteiger partial charge in [-0.1, -0.05) is 6.92 Å². The summed E-state index contributed by atoms with van der Waals surface area (Å²) < 4.78 is 29.5. The minimum Gasteiger partial charge on any atom is -0.399 e. The molecule has 8 heteroatoms. The second-order valence-corrected chi connectivity index (χ2v) is 7.23. The van der Waals surface area contributed by atoms with E-state index in [-0.39, 0.29) is 11.4 Å². The topological polar surface area (TPSA) is 90.0 Å². The molecule has 0 fully saturated rings. The number of nitrogen functional groups attached to an aromatic ring is 1. The summed E-state index contributed by atoms with van der Waals surface area (Å²) in [7, 11) is -1.83. The van der Waals surface area contributed by atoms with Crippen molar-refractivity contribution < 1.29 is 8.42 Å². The predicted octanol–water partition coefficient (Wildman–Crippen LogP) is 1.81. The van der Waals surface area contributed by atoms with E-state index in [2.05, 4.69) is 25.8 Å². The van der Waals surface area contributed by atoms with E-state index in [1.807, 2.05) is 20.2 Å². The molecule has 114 valence electrons. The summed E-state index contributed by atoms with van der Waals surface area (Å²) in [5, 5.41) is 4.29. The molecule has 0 radical (unpaired) electrons. The summed E-state index contributed by atoms with van der Waals surface area (Å²) in [4.78, 5) is 0.129. The average Bonchev–Trinajstić information content (AvgIpc) is 2.79. The Labute approximate surface area is 132 Å². The van der Waals surface area contributed by atoms with Gasteiger partial charge in [-0.15, -0.1) is 0 Å². The number of benzene rings is 1. The summed E-state index contributed by atoms with van der Waals surface area (Å²) in [5.41, 5.74) is 7.80. The van der Waals surface area contributed by atoms with Crippen LogP contribution >= 0.6 is 15.9 Å².